The first-order valence-corrected chi connectivity index (χ1v) is 11.0. The molecule has 6 nitrogen and oxygen atoms in total. The lowest BCUT2D eigenvalue weighted by atomic mass is 9.98. The molecule has 1 saturated heterocycles. The van der Waals surface area contributed by atoms with E-state index < -0.39 is 23.4 Å². The molecule has 4 rings (SSSR count). The highest BCUT2D eigenvalue weighted by Gasteiger charge is 2.26. The number of halogens is 2. The Morgan fingerprint density at radius 2 is 1.78 bits per heavy atom. The Morgan fingerprint density at radius 1 is 1.00 bits per heavy atom. The van der Waals surface area contributed by atoms with E-state index in [2.05, 4.69) is 45.7 Å². The lowest BCUT2D eigenvalue weighted by Gasteiger charge is -2.35. The maximum absolute atomic E-state index is 13.8. The number of piperidine rings is 1. The van der Waals surface area contributed by atoms with Crippen molar-refractivity contribution in [1.29, 1.82) is 0 Å². The molecule has 2 aromatic rings. The van der Waals surface area contributed by atoms with Gasteiger partial charge in [0.15, 0.2) is 0 Å². The number of likely N-dealkylation sites (N-methyl/N-ethyl adjacent to an activating group) is 1. The molecule has 170 valence electrons. The quantitative estimate of drug-likeness (QED) is 0.698. The van der Waals surface area contributed by atoms with Gasteiger partial charge >= 0.3 is 11.8 Å². The third-order valence-electron chi connectivity index (χ3n) is 6.29. The number of likely N-dealkylation sites (tertiary alicyclic amines) is 1. The summed E-state index contributed by atoms with van der Waals surface area (Å²) in [6.45, 7) is 3.10. The predicted molar refractivity (Wildman–Crippen MR) is 120 cm³/mol. The van der Waals surface area contributed by atoms with Gasteiger partial charge in [-0.2, -0.15) is 0 Å². The van der Waals surface area contributed by atoms with Gasteiger partial charge in [-0.25, -0.2) is 8.78 Å². The molecular weight excluding hydrogens is 414 g/mol. The maximum Gasteiger partial charge on any atom is 0.313 e. The molecule has 0 aliphatic carbocycles. The molecule has 32 heavy (non-hydrogen) atoms. The molecule has 0 spiro atoms. The third-order valence-corrected chi connectivity index (χ3v) is 6.29. The molecule has 0 aromatic heterocycles. The lowest BCUT2D eigenvalue weighted by molar-refractivity contribution is -0.136. The number of nitrogens with zero attached hydrogens (tertiary/aromatic N) is 2. The van der Waals surface area contributed by atoms with E-state index >= 15 is 0 Å². The van der Waals surface area contributed by atoms with E-state index in [1.165, 1.54) is 17.7 Å². The molecule has 0 saturated carbocycles. The van der Waals surface area contributed by atoms with E-state index in [9.17, 15) is 18.4 Å². The molecule has 2 N–H and O–H groups in total. The normalized spacial score (nSPS) is 17.0. The van der Waals surface area contributed by atoms with E-state index in [1.54, 1.807) is 0 Å². The number of anilines is 2. The van der Waals surface area contributed by atoms with Crippen LogP contribution in [0.4, 0.5) is 20.2 Å². The van der Waals surface area contributed by atoms with Crippen LogP contribution in [0.25, 0.3) is 0 Å². The van der Waals surface area contributed by atoms with Crippen molar-refractivity contribution in [2.75, 3.05) is 43.4 Å². The van der Waals surface area contributed by atoms with E-state index in [1.807, 2.05) is 0 Å². The molecule has 1 atom stereocenters. The van der Waals surface area contributed by atoms with Crippen molar-refractivity contribution >= 4 is 23.2 Å². The van der Waals surface area contributed by atoms with E-state index in [-0.39, 0.29) is 18.3 Å². The fourth-order valence-corrected chi connectivity index (χ4v) is 4.52. The Kier molecular flexibility index (Phi) is 6.69. The largest absolute Gasteiger partial charge is 0.374 e. The minimum atomic E-state index is -1.03. The summed E-state index contributed by atoms with van der Waals surface area (Å²) in [5.74, 6) is -3.41. The molecule has 1 unspecified atom stereocenters. The summed E-state index contributed by atoms with van der Waals surface area (Å²) >= 11 is 0. The number of carbonyl (C=O) groups excluding carboxylic acids is 2. The summed E-state index contributed by atoms with van der Waals surface area (Å²) in [6, 6.07) is 9.05. The van der Waals surface area contributed by atoms with E-state index in [0.29, 0.717) is 0 Å². The van der Waals surface area contributed by atoms with Gasteiger partial charge in [0.25, 0.3) is 0 Å². The Hall–Kier alpha value is -3.00. The van der Waals surface area contributed by atoms with Crippen molar-refractivity contribution in [2.24, 2.45) is 0 Å². The highest BCUT2D eigenvalue weighted by atomic mass is 19.1. The summed E-state index contributed by atoms with van der Waals surface area (Å²) in [7, 11) is 2.08. The summed E-state index contributed by atoms with van der Waals surface area (Å²) in [5.41, 5.74) is 3.27. The van der Waals surface area contributed by atoms with Crippen LogP contribution in [0.1, 0.15) is 36.4 Å². The summed E-state index contributed by atoms with van der Waals surface area (Å²) in [6.07, 6.45) is 4.36. The average Bonchev–Trinajstić information content (AvgIpc) is 3.17. The smallest absolute Gasteiger partial charge is 0.313 e. The van der Waals surface area contributed by atoms with Gasteiger partial charge in [-0.3, -0.25) is 14.5 Å². The summed E-state index contributed by atoms with van der Waals surface area (Å²) < 4.78 is 27.1. The van der Waals surface area contributed by atoms with Crippen LogP contribution in [-0.2, 0) is 16.0 Å². The van der Waals surface area contributed by atoms with Gasteiger partial charge in [-0.1, -0.05) is 18.6 Å². The zero-order valence-corrected chi connectivity index (χ0v) is 18.2. The van der Waals surface area contributed by atoms with Gasteiger partial charge in [-0.15, -0.1) is 0 Å². The van der Waals surface area contributed by atoms with E-state index in [0.717, 1.165) is 62.7 Å². The van der Waals surface area contributed by atoms with Crippen molar-refractivity contribution in [2.45, 2.75) is 31.7 Å². The molecule has 2 heterocycles. The Bertz CT molecular complexity index is 1010. The van der Waals surface area contributed by atoms with Crippen LogP contribution >= 0.6 is 0 Å². The maximum atomic E-state index is 13.8. The number of nitrogens with one attached hydrogen (secondary N) is 2. The van der Waals surface area contributed by atoms with Crippen molar-refractivity contribution in [3.05, 3.63) is 59.2 Å². The van der Waals surface area contributed by atoms with Gasteiger partial charge < -0.3 is 15.5 Å². The second-order valence-electron chi connectivity index (χ2n) is 8.46. The highest BCUT2D eigenvalue weighted by Crippen LogP contribution is 2.32. The van der Waals surface area contributed by atoms with Crippen LogP contribution in [-0.4, -0.2) is 49.9 Å². The summed E-state index contributed by atoms with van der Waals surface area (Å²) in [4.78, 5) is 29.3. The number of amides is 2. The molecule has 2 aliphatic rings. The number of benzene rings is 2. The second-order valence-corrected chi connectivity index (χ2v) is 8.46. The monoisotopic (exact) mass is 442 g/mol. The first-order valence-electron chi connectivity index (χ1n) is 11.0. The first-order chi connectivity index (χ1) is 15.4. The molecule has 2 aromatic carbocycles. The fourth-order valence-electron chi connectivity index (χ4n) is 4.52. The van der Waals surface area contributed by atoms with Crippen LogP contribution in [0.2, 0.25) is 0 Å². The number of rotatable bonds is 5. The molecule has 0 bridgehead atoms. The van der Waals surface area contributed by atoms with Crippen LogP contribution in [0.15, 0.2) is 36.4 Å². The SMILES string of the molecule is CN1CCc2cc(C(CNC(=O)C(=O)Nc3cc(F)ccc3F)N3CCCCC3)ccc21. The molecule has 8 heteroatoms. The molecule has 0 radical (unpaired) electrons. The zero-order chi connectivity index (χ0) is 22.7. The molecular formula is C24H28F2N4O2. The van der Waals surface area contributed by atoms with Gasteiger partial charge in [0.05, 0.1) is 11.7 Å². The van der Waals surface area contributed by atoms with Crippen LogP contribution in [0.5, 0.6) is 0 Å². The summed E-state index contributed by atoms with van der Waals surface area (Å²) in [5, 5.41) is 4.84. The van der Waals surface area contributed by atoms with Crippen LogP contribution in [0, 0.1) is 11.6 Å². The van der Waals surface area contributed by atoms with Gasteiger partial charge in [0.2, 0.25) is 0 Å². The van der Waals surface area contributed by atoms with Crippen molar-refractivity contribution in [1.82, 2.24) is 10.2 Å². The van der Waals surface area contributed by atoms with Crippen LogP contribution < -0.4 is 15.5 Å². The minimum Gasteiger partial charge on any atom is -0.374 e. The molecule has 1 fully saturated rings. The highest BCUT2D eigenvalue weighted by molar-refractivity contribution is 6.39. The van der Waals surface area contributed by atoms with Crippen molar-refractivity contribution in [3.8, 4) is 0 Å². The van der Waals surface area contributed by atoms with E-state index in [4.69, 9.17) is 0 Å². The number of hydrogen-bond acceptors (Lipinski definition) is 4. The average molecular weight is 443 g/mol. The van der Waals surface area contributed by atoms with Crippen molar-refractivity contribution < 1.29 is 18.4 Å². The second kappa shape index (κ2) is 9.65. The van der Waals surface area contributed by atoms with Crippen LogP contribution in [0.3, 0.4) is 0 Å². The predicted octanol–water partition coefficient (Wildman–Crippen LogP) is 3.24. The van der Waals surface area contributed by atoms with Gasteiger partial charge in [0, 0.05) is 31.9 Å². The minimum absolute atomic E-state index is 0.0610. The molecule has 2 aliphatic heterocycles. The Labute approximate surface area is 186 Å². The van der Waals surface area contributed by atoms with Crippen molar-refractivity contribution in [3.63, 3.8) is 0 Å². The number of fused-ring (bicyclic) bond motifs is 1. The Morgan fingerprint density at radius 3 is 2.56 bits per heavy atom. The molecule has 2 amide bonds. The lowest BCUT2D eigenvalue weighted by Crippen LogP contribution is -2.43. The first kappa shape index (κ1) is 22.2. The number of carbonyl (C=O) groups is 2. The van der Waals surface area contributed by atoms with Gasteiger partial charge in [-0.05, 0) is 61.7 Å². The standard InChI is InChI=1S/C24H28F2N4O2/c1-29-12-9-17-13-16(5-8-21(17)29)22(30-10-3-2-4-11-30)15-27-23(31)24(32)28-20-14-18(25)6-7-19(20)26/h5-8,13-14,22H,2-4,9-12,15H2,1H3,(H,27,31)(H,28,32). The third kappa shape index (κ3) is 4.91. The fraction of sp³-hybridized carbons (Fsp3) is 0.417. The van der Waals surface area contributed by atoms with Gasteiger partial charge in [0.1, 0.15) is 11.6 Å². The topological polar surface area (TPSA) is 64.7 Å². The Balaban J connectivity index is 1.46. The zero-order valence-electron chi connectivity index (χ0n) is 18.2. The number of hydrogen-bond donors (Lipinski definition) is 2.